The van der Waals surface area contributed by atoms with Gasteiger partial charge in [-0.1, -0.05) is 29.8 Å². The molecular weight excluding hydrogens is 428 g/mol. The Balaban J connectivity index is 2.16. The van der Waals surface area contributed by atoms with Gasteiger partial charge in [-0.05, 0) is 69.5 Å². The maximum Gasteiger partial charge on any atom is 0.242 e. The highest BCUT2D eigenvalue weighted by atomic mass is 35.5. The standard InChI is InChI=1S/C25H33ClN2O4/c1-5-27-25(30)18(4)28(17-20-9-8-10-21(26)15-20)24(29)14-12-19-11-13-22(31-6-2)23(16-19)32-7-3/h8-11,13,15-16,18H,5-7,12,14,17H2,1-4H3,(H,27,30). The smallest absolute Gasteiger partial charge is 0.242 e. The van der Waals surface area contributed by atoms with Crippen LogP contribution in [0.3, 0.4) is 0 Å². The van der Waals surface area contributed by atoms with E-state index in [4.69, 9.17) is 21.1 Å². The molecule has 0 aliphatic carbocycles. The zero-order valence-corrected chi connectivity index (χ0v) is 20.1. The van der Waals surface area contributed by atoms with E-state index in [1.54, 1.807) is 17.9 Å². The van der Waals surface area contributed by atoms with Crippen molar-refractivity contribution in [2.45, 2.75) is 53.1 Å². The van der Waals surface area contributed by atoms with Crippen LogP contribution in [0.5, 0.6) is 11.5 Å². The number of nitrogens with zero attached hydrogens (tertiary/aromatic N) is 1. The zero-order valence-electron chi connectivity index (χ0n) is 19.3. The molecule has 7 heteroatoms. The van der Waals surface area contributed by atoms with Gasteiger partial charge in [0.25, 0.3) is 0 Å². The second-order valence-corrected chi connectivity index (χ2v) is 7.81. The van der Waals surface area contributed by atoms with E-state index in [0.29, 0.717) is 49.2 Å². The normalized spacial score (nSPS) is 11.5. The Hall–Kier alpha value is -2.73. The molecule has 0 fully saturated rings. The molecule has 0 aromatic heterocycles. The predicted molar refractivity (Wildman–Crippen MR) is 127 cm³/mol. The number of likely N-dealkylation sites (N-methyl/N-ethyl adjacent to an activating group) is 1. The Kier molecular flexibility index (Phi) is 10.3. The van der Waals surface area contributed by atoms with Crippen LogP contribution in [-0.2, 0) is 22.6 Å². The van der Waals surface area contributed by atoms with Crippen LogP contribution in [0, 0.1) is 0 Å². The number of carbonyl (C=O) groups excluding carboxylic acids is 2. The quantitative estimate of drug-likeness (QED) is 0.501. The summed E-state index contributed by atoms with van der Waals surface area (Å²) in [6, 6.07) is 12.5. The summed E-state index contributed by atoms with van der Waals surface area (Å²) in [5.41, 5.74) is 1.85. The Morgan fingerprint density at radius 2 is 1.72 bits per heavy atom. The molecule has 0 spiro atoms. The number of halogens is 1. The van der Waals surface area contributed by atoms with Crippen molar-refractivity contribution in [3.05, 3.63) is 58.6 Å². The van der Waals surface area contributed by atoms with Crippen molar-refractivity contribution < 1.29 is 19.1 Å². The summed E-state index contributed by atoms with van der Waals surface area (Å²) in [6.45, 7) is 9.34. The van der Waals surface area contributed by atoms with Gasteiger partial charge in [-0.3, -0.25) is 9.59 Å². The summed E-state index contributed by atoms with van der Waals surface area (Å²) in [5.74, 6) is 1.08. The van der Waals surface area contributed by atoms with Gasteiger partial charge in [0.1, 0.15) is 6.04 Å². The number of aryl methyl sites for hydroxylation is 1. The van der Waals surface area contributed by atoms with Crippen LogP contribution in [-0.4, -0.2) is 42.5 Å². The fourth-order valence-corrected chi connectivity index (χ4v) is 3.60. The maximum atomic E-state index is 13.2. The van der Waals surface area contributed by atoms with E-state index in [0.717, 1.165) is 11.1 Å². The molecule has 0 bridgehead atoms. The number of carbonyl (C=O) groups is 2. The van der Waals surface area contributed by atoms with Crippen molar-refractivity contribution in [2.24, 2.45) is 0 Å². The van der Waals surface area contributed by atoms with Crippen molar-refractivity contribution in [2.75, 3.05) is 19.8 Å². The Bertz CT molecular complexity index is 903. The van der Waals surface area contributed by atoms with E-state index in [9.17, 15) is 9.59 Å². The van der Waals surface area contributed by atoms with Crippen molar-refractivity contribution in [3.63, 3.8) is 0 Å². The minimum atomic E-state index is -0.597. The SMILES string of the molecule is CCNC(=O)C(C)N(Cc1cccc(Cl)c1)C(=O)CCc1ccc(OCC)c(OCC)c1. The number of rotatable bonds is 12. The van der Waals surface area contributed by atoms with E-state index in [1.807, 2.05) is 57.2 Å². The van der Waals surface area contributed by atoms with E-state index in [-0.39, 0.29) is 18.2 Å². The highest BCUT2D eigenvalue weighted by molar-refractivity contribution is 6.30. The molecule has 2 amide bonds. The summed E-state index contributed by atoms with van der Waals surface area (Å²) >= 11 is 6.11. The summed E-state index contributed by atoms with van der Waals surface area (Å²) < 4.78 is 11.3. The van der Waals surface area contributed by atoms with Gasteiger partial charge in [0.2, 0.25) is 11.8 Å². The van der Waals surface area contributed by atoms with Gasteiger partial charge >= 0.3 is 0 Å². The van der Waals surface area contributed by atoms with Gasteiger partial charge < -0.3 is 19.7 Å². The average Bonchev–Trinajstić information content (AvgIpc) is 2.77. The van der Waals surface area contributed by atoms with Gasteiger partial charge in [0.15, 0.2) is 11.5 Å². The largest absolute Gasteiger partial charge is 0.490 e. The molecule has 0 heterocycles. The molecule has 2 rings (SSSR count). The van der Waals surface area contributed by atoms with Crippen molar-refractivity contribution in [3.8, 4) is 11.5 Å². The summed E-state index contributed by atoms with van der Waals surface area (Å²) in [6.07, 6.45) is 0.795. The average molecular weight is 461 g/mol. The van der Waals surface area contributed by atoms with Crippen LogP contribution in [0.4, 0.5) is 0 Å². The molecular formula is C25H33ClN2O4. The second-order valence-electron chi connectivity index (χ2n) is 7.37. The summed E-state index contributed by atoms with van der Waals surface area (Å²) in [5, 5.41) is 3.40. The number of hydrogen-bond donors (Lipinski definition) is 1. The molecule has 0 aliphatic rings. The van der Waals surface area contributed by atoms with Crippen molar-refractivity contribution in [1.29, 1.82) is 0 Å². The number of amides is 2. The predicted octanol–water partition coefficient (Wildman–Crippen LogP) is 4.62. The van der Waals surface area contributed by atoms with Gasteiger partial charge in [0.05, 0.1) is 13.2 Å². The van der Waals surface area contributed by atoms with Gasteiger partial charge in [0, 0.05) is 24.5 Å². The Labute approximate surface area is 195 Å². The van der Waals surface area contributed by atoms with Crippen LogP contribution in [0.25, 0.3) is 0 Å². The summed E-state index contributed by atoms with van der Waals surface area (Å²) in [7, 11) is 0. The first kappa shape index (κ1) is 25.5. The van der Waals surface area contributed by atoms with Crippen LogP contribution < -0.4 is 14.8 Å². The molecule has 0 saturated heterocycles. The minimum absolute atomic E-state index is 0.101. The van der Waals surface area contributed by atoms with E-state index < -0.39 is 6.04 Å². The van der Waals surface area contributed by atoms with Crippen molar-refractivity contribution in [1.82, 2.24) is 10.2 Å². The number of ether oxygens (including phenoxy) is 2. The highest BCUT2D eigenvalue weighted by Gasteiger charge is 2.25. The molecule has 1 unspecified atom stereocenters. The fraction of sp³-hybridized carbons (Fsp3) is 0.440. The number of hydrogen-bond acceptors (Lipinski definition) is 4. The third kappa shape index (κ3) is 7.45. The van der Waals surface area contributed by atoms with Crippen LogP contribution in [0.15, 0.2) is 42.5 Å². The maximum absolute atomic E-state index is 13.2. The summed E-state index contributed by atoms with van der Waals surface area (Å²) in [4.78, 5) is 27.3. The first-order chi connectivity index (χ1) is 15.4. The topological polar surface area (TPSA) is 67.9 Å². The Morgan fingerprint density at radius 3 is 2.38 bits per heavy atom. The van der Waals surface area contributed by atoms with Crippen molar-refractivity contribution >= 4 is 23.4 Å². The fourth-order valence-electron chi connectivity index (χ4n) is 3.38. The molecule has 1 atom stereocenters. The van der Waals surface area contributed by atoms with Crippen LogP contribution in [0.2, 0.25) is 5.02 Å². The second kappa shape index (κ2) is 13.0. The first-order valence-corrected chi connectivity index (χ1v) is 11.5. The van der Waals surface area contributed by atoms with E-state index in [1.165, 1.54) is 0 Å². The number of nitrogens with one attached hydrogen (secondary N) is 1. The molecule has 32 heavy (non-hydrogen) atoms. The third-order valence-corrected chi connectivity index (χ3v) is 5.23. The molecule has 174 valence electrons. The molecule has 6 nitrogen and oxygen atoms in total. The van der Waals surface area contributed by atoms with Crippen LogP contribution in [0.1, 0.15) is 45.2 Å². The molecule has 0 saturated carbocycles. The minimum Gasteiger partial charge on any atom is -0.490 e. The highest BCUT2D eigenvalue weighted by Crippen LogP contribution is 2.29. The third-order valence-electron chi connectivity index (χ3n) is 5.00. The van der Waals surface area contributed by atoms with Gasteiger partial charge in [-0.15, -0.1) is 0 Å². The van der Waals surface area contributed by atoms with E-state index in [2.05, 4.69) is 5.32 Å². The first-order valence-electron chi connectivity index (χ1n) is 11.1. The lowest BCUT2D eigenvalue weighted by Crippen LogP contribution is -2.47. The van der Waals surface area contributed by atoms with Crippen LogP contribution >= 0.6 is 11.6 Å². The lowest BCUT2D eigenvalue weighted by atomic mass is 10.1. The van der Waals surface area contributed by atoms with E-state index >= 15 is 0 Å². The zero-order chi connectivity index (χ0) is 23.5. The number of benzene rings is 2. The molecule has 1 N–H and O–H groups in total. The molecule has 0 aliphatic heterocycles. The lowest BCUT2D eigenvalue weighted by molar-refractivity contribution is -0.140. The van der Waals surface area contributed by atoms with Gasteiger partial charge in [-0.25, -0.2) is 0 Å². The Morgan fingerprint density at radius 1 is 1.00 bits per heavy atom. The lowest BCUT2D eigenvalue weighted by Gasteiger charge is -2.29. The molecule has 0 radical (unpaired) electrons. The molecule has 2 aromatic carbocycles. The monoisotopic (exact) mass is 460 g/mol. The van der Waals surface area contributed by atoms with Gasteiger partial charge in [-0.2, -0.15) is 0 Å². The molecule has 2 aromatic rings.